The van der Waals surface area contributed by atoms with Gasteiger partial charge < -0.3 is 9.47 Å². The van der Waals surface area contributed by atoms with Crippen LogP contribution in [-0.4, -0.2) is 17.1 Å². The van der Waals surface area contributed by atoms with Gasteiger partial charge in [-0.25, -0.2) is 4.79 Å². The molecule has 0 N–H and O–H groups in total. The third kappa shape index (κ3) is 3.55. The lowest BCUT2D eigenvalue weighted by molar-refractivity contribution is -0.152. The molecule has 0 amide bonds. The van der Waals surface area contributed by atoms with Gasteiger partial charge in [-0.15, -0.1) is 0 Å². The van der Waals surface area contributed by atoms with E-state index < -0.39 is 10.5 Å². The Balaban J connectivity index is 2.68. The molecule has 1 rings (SSSR count). The molecule has 0 bridgehead atoms. The van der Waals surface area contributed by atoms with E-state index in [1.807, 2.05) is 18.2 Å². The lowest BCUT2D eigenvalue weighted by Crippen LogP contribution is -2.36. The number of rotatable bonds is 4. The molecule has 0 fully saturated rings. The van der Waals surface area contributed by atoms with Gasteiger partial charge in [0, 0.05) is 0 Å². The molecule has 0 spiro atoms. The van der Waals surface area contributed by atoms with Crippen LogP contribution >= 0.6 is 15.9 Å². The van der Waals surface area contributed by atoms with E-state index in [2.05, 4.69) is 15.9 Å². The first-order valence-corrected chi connectivity index (χ1v) is 5.45. The van der Waals surface area contributed by atoms with Crippen molar-refractivity contribution < 1.29 is 14.3 Å². The van der Waals surface area contributed by atoms with Crippen LogP contribution in [-0.2, 0) is 9.53 Å². The largest absolute Gasteiger partial charge is 0.465 e. The summed E-state index contributed by atoms with van der Waals surface area (Å²) >= 11 is 3.19. The second kappa shape index (κ2) is 5.16. The zero-order valence-corrected chi connectivity index (χ0v) is 10.3. The minimum atomic E-state index is -1.13. The van der Waals surface area contributed by atoms with Crippen LogP contribution in [0.1, 0.15) is 13.8 Å². The number of hydrogen-bond donors (Lipinski definition) is 0. The minimum Gasteiger partial charge on any atom is -0.465 e. The van der Waals surface area contributed by atoms with Gasteiger partial charge in [-0.3, -0.25) is 0 Å². The number of carbonyl (C=O) groups excluding carboxylic acids is 1. The third-order valence-corrected chi connectivity index (χ3v) is 2.18. The fourth-order valence-electron chi connectivity index (χ4n) is 1.01. The SMILES string of the molecule is CCOC(=O)C(C)(Br)Oc1ccccc1. The number of benzene rings is 1. The molecule has 0 heterocycles. The van der Waals surface area contributed by atoms with E-state index in [0.29, 0.717) is 12.4 Å². The Labute approximate surface area is 97.5 Å². The molecule has 0 saturated carbocycles. The average molecular weight is 273 g/mol. The minimum absolute atomic E-state index is 0.332. The Morgan fingerprint density at radius 2 is 2.00 bits per heavy atom. The summed E-state index contributed by atoms with van der Waals surface area (Å²) in [6.07, 6.45) is 0. The van der Waals surface area contributed by atoms with Crippen molar-refractivity contribution in [1.29, 1.82) is 0 Å². The van der Waals surface area contributed by atoms with Crippen LogP contribution in [0.5, 0.6) is 5.75 Å². The topological polar surface area (TPSA) is 35.5 Å². The summed E-state index contributed by atoms with van der Waals surface area (Å²) in [5.74, 6) is 0.179. The highest BCUT2D eigenvalue weighted by Crippen LogP contribution is 2.24. The van der Waals surface area contributed by atoms with E-state index in [9.17, 15) is 4.79 Å². The lowest BCUT2D eigenvalue weighted by atomic mass is 10.3. The Morgan fingerprint density at radius 1 is 1.40 bits per heavy atom. The maximum atomic E-state index is 11.5. The molecule has 82 valence electrons. The first-order valence-electron chi connectivity index (χ1n) is 4.66. The van der Waals surface area contributed by atoms with Crippen molar-refractivity contribution in [3.05, 3.63) is 30.3 Å². The number of esters is 1. The molecule has 15 heavy (non-hydrogen) atoms. The van der Waals surface area contributed by atoms with Crippen molar-refractivity contribution in [2.75, 3.05) is 6.61 Å². The number of ether oxygens (including phenoxy) is 2. The number of alkyl halides is 1. The van der Waals surface area contributed by atoms with E-state index in [4.69, 9.17) is 9.47 Å². The fourth-order valence-corrected chi connectivity index (χ4v) is 1.31. The first kappa shape index (κ1) is 12.0. The highest BCUT2D eigenvalue weighted by atomic mass is 79.9. The van der Waals surface area contributed by atoms with E-state index in [1.54, 1.807) is 26.0 Å². The van der Waals surface area contributed by atoms with Gasteiger partial charge in [0.2, 0.25) is 0 Å². The first-order chi connectivity index (χ1) is 7.06. The standard InChI is InChI=1S/C11H13BrO3/c1-3-14-10(13)11(2,12)15-9-7-5-4-6-8-9/h4-8H,3H2,1-2H3. The molecule has 0 saturated heterocycles. The normalized spacial score (nSPS) is 14.1. The van der Waals surface area contributed by atoms with E-state index in [0.717, 1.165) is 0 Å². The monoisotopic (exact) mass is 272 g/mol. The molecule has 1 atom stereocenters. The summed E-state index contributed by atoms with van der Waals surface area (Å²) in [4.78, 5) is 11.5. The lowest BCUT2D eigenvalue weighted by Gasteiger charge is -2.21. The van der Waals surface area contributed by atoms with Gasteiger partial charge in [-0.05, 0) is 41.9 Å². The second-order valence-electron chi connectivity index (χ2n) is 3.05. The molecular formula is C11H13BrO3. The molecule has 0 aliphatic carbocycles. The van der Waals surface area contributed by atoms with E-state index in [-0.39, 0.29) is 0 Å². The number of halogens is 1. The Bertz CT molecular complexity index is 322. The van der Waals surface area contributed by atoms with Gasteiger partial charge in [0.15, 0.2) is 0 Å². The molecule has 1 unspecified atom stereocenters. The van der Waals surface area contributed by atoms with Gasteiger partial charge in [0.05, 0.1) is 6.61 Å². The van der Waals surface area contributed by atoms with E-state index in [1.165, 1.54) is 0 Å². The number of para-hydroxylation sites is 1. The Morgan fingerprint density at radius 3 is 2.53 bits per heavy atom. The van der Waals surface area contributed by atoms with Crippen molar-refractivity contribution in [2.24, 2.45) is 0 Å². The van der Waals surface area contributed by atoms with Gasteiger partial charge in [0.25, 0.3) is 4.51 Å². The molecule has 1 aromatic rings. The van der Waals surface area contributed by atoms with Crippen LogP contribution in [0.4, 0.5) is 0 Å². The van der Waals surface area contributed by atoms with Crippen LogP contribution in [0.15, 0.2) is 30.3 Å². The smallest absolute Gasteiger partial charge is 0.361 e. The van der Waals surface area contributed by atoms with Gasteiger partial charge in [-0.1, -0.05) is 18.2 Å². The average Bonchev–Trinajstić information content (AvgIpc) is 2.19. The quantitative estimate of drug-likeness (QED) is 0.625. The predicted molar refractivity (Wildman–Crippen MR) is 61.0 cm³/mol. The zero-order valence-electron chi connectivity index (χ0n) is 8.70. The van der Waals surface area contributed by atoms with Gasteiger partial charge in [0.1, 0.15) is 5.75 Å². The highest BCUT2D eigenvalue weighted by Gasteiger charge is 2.33. The molecule has 0 aliphatic heterocycles. The zero-order chi connectivity index (χ0) is 11.3. The summed E-state index contributed by atoms with van der Waals surface area (Å²) in [6.45, 7) is 3.69. The van der Waals surface area contributed by atoms with Crippen LogP contribution in [0.3, 0.4) is 0 Å². The maximum Gasteiger partial charge on any atom is 0.361 e. The highest BCUT2D eigenvalue weighted by molar-refractivity contribution is 9.10. The predicted octanol–water partition coefficient (Wildman–Crippen LogP) is 2.74. The molecule has 0 aromatic heterocycles. The van der Waals surface area contributed by atoms with E-state index >= 15 is 0 Å². The molecule has 1 aromatic carbocycles. The van der Waals surface area contributed by atoms with Crippen molar-refractivity contribution in [1.82, 2.24) is 0 Å². The summed E-state index contributed by atoms with van der Waals surface area (Å²) in [5, 5.41) is 0. The second-order valence-corrected chi connectivity index (χ2v) is 4.57. The number of carbonyl (C=O) groups is 1. The summed E-state index contributed by atoms with van der Waals surface area (Å²) < 4.78 is 9.19. The number of hydrogen-bond acceptors (Lipinski definition) is 3. The molecule has 4 heteroatoms. The maximum absolute atomic E-state index is 11.5. The van der Waals surface area contributed by atoms with Gasteiger partial charge in [-0.2, -0.15) is 0 Å². The third-order valence-electron chi connectivity index (χ3n) is 1.69. The fraction of sp³-hybridized carbons (Fsp3) is 0.364. The molecular weight excluding hydrogens is 260 g/mol. The van der Waals surface area contributed by atoms with Crippen molar-refractivity contribution in [2.45, 2.75) is 18.4 Å². The Hall–Kier alpha value is -1.03. The summed E-state index contributed by atoms with van der Waals surface area (Å²) in [7, 11) is 0. The molecule has 0 aliphatic rings. The van der Waals surface area contributed by atoms with Crippen LogP contribution in [0.2, 0.25) is 0 Å². The van der Waals surface area contributed by atoms with Gasteiger partial charge >= 0.3 is 5.97 Å². The van der Waals surface area contributed by atoms with Crippen molar-refractivity contribution in [3.8, 4) is 5.75 Å². The Kier molecular flexibility index (Phi) is 4.15. The summed E-state index contributed by atoms with van der Waals surface area (Å²) in [6, 6.07) is 9.10. The van der Waals surface area contributed by atoms with Crippen molar-refractivity contribution in [3.63, 3.8) is 0 Å². The summed E-state index contributed by atoms with van der Waals surface area (Å²) in [5.41, 5.74) is 0. The van der Waals surface area contributed by atoms with Crippen molar-refractivity contribution >= 4 is 21.9 Å². The van der Waals surface area contributed by atoms with Crippen LogP contribution in [0.25, 0.3) is 0 Å². The van der Waals surface area contributed by atoms with Crippen LogP contribution < -0.4 is 4.74 Å². The van der Waals surface area contributed by atoms with Crippen LogP contribution in [0, 0.1) is 0 Å². The molecule has 0 radical (unpaired) electrons. The molecule has 3 nitrogen and oxygen atoms in total.